The fraction of sp³-hybridized carbons (Fsp3) is 0.238. The van der Waals surface area contributed by atoms with E-state index in [1.54, 1.807) is 0 Å². The Morgan fingerprint density at radius 1 is 1.21 bits per heavy atom. The van der Waals surface area contributed by atoms with E-state index in [2.05, 4.69) is 31.9 Å². The standard InChI is InChI=1S/C21H19ClN6O/c22-16-10-4-8-14-15-9-5-11-17(19(15)25-18(14)16)24-21(29)20(28-12-23-26-27-28)13-6-2-1-3-7-13/h1-4,6-8,10,12,17,20,25H,5,9,11H2,(H,24,29). The number of hydrogen-bond acceptors (Lipinski definition) is 4. The summed E-state index contributed by atoms with van der Waals surface area (Å²) in [4.78, 5) is 16.8. The minimum atomic E-state index is -0.635. The van der Waals surface area contributed by atoms with Gasteiger partial charge in [0, 0.05) is 11.1 Å². The van der Waals surface area contributed by atoms with Gasteiger partial charge in [-0.3, -0.25) is 4.79 Å². The maximum atomic E-state index is 13.3. The number of rotatable bonds is 4. The number of halogens is 1. The highest BCUT2D eigenvalue weighted by molar-refractivity contribution is 6.35. The summed E-state index contributed by atoms with van der Waals surface area (Å²) < 4.78 is 1.48. The number of amides is 1. The first-order chi connectivity index (χ1) is 14.2. The van der Waals surface area contributed by atoms with Gasteiger partial charge in [-0.2, -0.15) is 0 Å². The maximum Gasteiger partial charge on any atom is 0.250 e. The summed E-state index contributed by atoms with van der Waals surface area (Å²) in [6.45, 7) is 0. The molecule has 0 fully saturated rings. The van der Waals surface area contributed by atoms with Gasteiger partial charge in [0.25, 0.3) is 0 Å². The summed E-state index contributed by atoms with van der Waals surface area (Å²) in [5.74, 6) is -0.147. The first-order valence-corrected chi connectivity index (χ1v) is 9.97. The number of aromatic amines is 1. The molecule has 2 aromatic carbocycles. The number of H-pyrrole nitrogens is 1. The normalized spacial score (nSPS) is 17.1. The van der Waals surface area contributed by atoms with Crippen molar-refractivity contribution >= 4 is 28.4 Å². The number of aromatic nitrogens is 5. The second kappa shape index (κ2) is 7.33. The minimum absolute atomic E-state index is 0.114. The number of tetrazole rings is 1. The molecule has 2 unspecified atom stereocenters. The highest BCUT2D eigenvalue weighted by atomic mass is 35.5. The first kappa shape index (κ1) is 17.9. The van der Waals surface area contributed by atoms with Crippen molar-refractivity contribution in [2.75, 3.05) is 0 Å². The van der Waals surface area contributed by atoms with Crippen LogP contribution in [0.25, 0.3) is 10.9 Å². The van der Waals surface area contributed by atoms with Gasteiger partial charge in [0.05, 0.1) is 16.6 Å². The lowest BCUT2D eigenvalue weighted by Gasteiger charge is -2.26. The van der Waals surface area contributed by atoms with Gasteiger partial charge in [-0.1, -0.05) is 54.1 Å². The summed E-state index contributed by atoms with van der Waals surface area (Å²) in [6, 6.07) is 14.7. The number of benzene rings is 2. The SMILES string of the molecule is O=C(NC1CCCc2c1[nH]c1c(Cl)cccc21)C(c1ccccc1)n1cnnn1. The van der Waals surface area contributed by atoms with E-state index in [9.17, 15) is 4.79 Å². The summed E-state index contributed by atoms with van der Waals surface area (Å²) in [7, 11) is 0. The van der Waals surface area contributed by atoms with E-state index < -0.39 is 6.04 Å². The number of nitrogens with one attached hydrogen (secondary N) is 2. The number of carbonyl (C=O) groups is 1. The highest BCUT2D eigenvalue weighted by Crippen LogP contribution is 2.37. The van der Waals surface area contributed by atoms with Crippen LogP contribution in [0.3, 0.4) is 0 Å². The van der Waals surface area contributed by atoms with Crippen molar-refractivity contribution < 1.29 is 4.79 Å². The molecule has 0 aliphatic heterocycles. The van der Waals surface area contributed by atoms with Crippen molar-refractivity contribution in [3.05, 3.63) is 76.7 Å². The Morgan fingerprint density at radius 3 is 2.86 bits per heavy atom. The van der Waals surface area contributed by atoms with Crippen LogP contribution in [-0.2, 0) is 11.2 Å². The molecule has 146 valence electrons. The molecule has 4 aromatic rings. The predicted octanol–water partition coefficient (Wildman–Crippen LogP) is 3.59. The molecular weight excluding hydrogens is 388 g/mol. The molecule has 1 aliphatic rings. The van der Waals surface area contributed by atoms with E-state index in [0.29, 0.717) is 5.02 Å². The third-order valence-electron chi connectivity index (χ3n) is 5.50. The number of aryl methyl sites for hydroxylation is 1. The van der Waals surface area contributed by atoms with Gasteiger partial charge >= 0.3 is 0 Å². The maximum absolute atomic E-state index is 13.3. The molecule has 2 aromatic heterocycles. The molecule has 1 amide bonds. The lowest BCUT2D eigenvalue weighted by Crippen LogP contribution is -2.37. The number of nitrogens with zero attached hydrogens (tertiary/aromatic N) is 4. The molecule has 2 heterocycles. The summed E-state index contributed by atoms with van der Waals surface area (Å²) in [5, 5.41) is 16.4. The van der Waals surface area contributed by atoms with Crippen molar-refractivity contribution in [2.24, 2.45) is 0 Å². The van der Waals surface area contributed by atoms with Crippen LogP contribution in [0.1, 0.15) is 41.7 Å². The lowest BCUT2D eigenvalue weighted by atomic mass is 9.91. The van der Waals surface area contributed by atoms with E-state index in [-0.39, 0.29) is 11.9 Å². The molecule has 0 saturated carbocycles. The van der Waals surface area contributed by atoms with E-state index in [0.717, 1.165) is 41.4 Å². The Labute approximate surface area is 172 Å². The molecule has 7 nitrogen and oxygen atoms in total. The van der Waals surface area contributed by atoms with Crippen molar-refractivity contribution in [3.63, 3.8) is 0 Å². The quantitative estimate of drug-likeness (QED) is 0.542. The largest absolute Gasteiger partial charge is 0.355 e. The topological polar surface area (TPSA) is 88.5 Å². The zero-order valence-electron chi connectivity index (χ0n) is 15.5. The van der Waals surface area contributed by atoms with E-state index in [1.165, 1.54) is 16.6 Å². The smallest absolute Gasteiger partial charge is 0.250 e. The molecule has 29 heavy (non-hydrogen) atoms. The lowest BCUT2D eigenvalue weighted by molar-refractivity contribution is -0.124. The molecule has 1 aliphatic carbocycles. The highest BCUT2D eigenvalue weighted by Gasteiger charge is 2.30. The number of para-hydroxylation sites is 1. The van der Waals surface area contributed by atoms with E-state index in [1.807, 2.05) is 42.5 Å². The Hall–Kier alpha value is -3.19. The Balaban J connectivity index is 1.49. The van der Waals surface area contributed by atoms with Crippen LogP contribution in [0.15, 0.2) is 54.9 Å². The average Bonchev–Trinajstić information content (AvgIpc) is 3.39. The monoisotopic (exact) mass is 406 g/mol. The molecule has 8 heteroatoms. The molecule has 0 saturated heterocycles. The van der Waals surface area contributed by atoms with Gasteiger partial charge in [0.1, 0.15) is 6.33 Å². The van der Waals surface area contributed by atoms with Gasteiger partial charge in [-0.15, -0.1) is 5.10 Å². The molecular formula is C21H19ClN6O. The summed E-state index contributed by atoms with van der Waals surface area (Å²) in [5.41, 5.74) is 4.03. The molecule has 5 rings (SSSR count). The number of fused-ring (bicyclic) bond motifs is 3. The van der Waals surface area contributed by atoms with Crippen molar-refractivity contribution in [3.8, 4) is 0 Å². The third-order valence-corrected chi connectivity index (χ3v) is 5.82. The van der Waals surface area contributed by atoms with Crippen LogP contribution in [0.5, 0.6) is 0 Å². The van der Waals surface area contributed by atoms with Crippen molar-refractivity contribution in [1.82, 2.24) is 30.5 Å². The molecule has 0 spiro atoms. The van der Waals surface area contributed by atoms with Crippen LogP contribution >= 0.6 is 11.6 Å². The molecule has 2 N–H and O–H groups in total. The Kier molecular flexibility index (Phi) is 4.52. The predicted molar refractivity (Wildman–Crippen MR) is 110 cm³/mol. The summed E-state index contributed by atoms with van der Waals surface area (Å²) in [6.07, 6.45) is 4.29. The zero-order valence-corrected chi connectivity index (χ0v) is 16.3. The second-order valence-corrected chi connectivity index (χ2v) is 7.64. The van der Waals surface area contributed by atoms with Gasteiger partial charge in [0.2, 0.25) is 5.91 Å². The molecule has 0 radical (unpaired) electrons. The van der Waals surface area contributed by atoms with Crippen molar-refractivity contribution in [1.29, 1.82) is 0 Å². The number of carbonyl (C=O) groups excluding carboxylic acids is 1. The van der Waals surface area contributed by atoms with Gasteiger partial charge in [-0.25, -0.2) is 4.68 Å². The summed E-state index contributed by atoms with van der Waals surface area (Å²) >= 11 is 6.38. The average molecular weight is 407 g/mol. The van der Waals surface area contributed by atoms with Crippen LogP contribution in [-0.4, -0.2) is 31.1 Å². The number of hydrogen-bond donors (Lipinski definition) is 2. The zero-order chi connectivity index (χ0) is 19.8. The van der Waals surface area contributed by atoms with Crippen LogP contribution in [0, 0.1) is 0 Å². The molecule has 2 atom stereocenters. The third kappa shape index (κ3) is 3.17. The van der Waals surface area contributed by atoms with Gasteiger partial charge in [-0.05, 0) is 46.9 Å². The van der Waals surface area contributed by atoms with E-state index >= 15 is 0 Å². The first-order valence-electron chi connectivity index (χ1n) is 9.59. The van der Waals surface area contributed by atoms with Crippen LogP contribution < -0.4 is 5.32 Å². The van der Waals surface area contributed by atoms with Crippen LogP contribution in [0.2, 0.25) is 5.02 Å². The van der Waals surface area contributed by atoms with Gasteiger partial charge in [0.15, 0.2) is 6.04 Å². The Bertz CT molecular complexity index is 1150. The van der Waals surface area contributed by atoms with E-state index in [4.69, 9.17) is 11.6 Å². The van der Waals surface area contributed by atoms with Gasteiger partial charge < -0.3 is 10.3 Å². The van der Waals surface area contributed by atoms with Crippen molar-refractivity contribution in [2.45, 2.75) is 31.3 Å². The fourth-order valence-electron chi connectivity index (χ4n) is 4.19. The molecule has 0 bridgehead atoms. The van der Waals surface area contributed by atoms with Crippen LogP contribution in [0.4, 0.5) is 0 Å². The minimum Gasteiger partial charge on any atom is -0.355 e. The fourth-order valence-corrected chi connectivity index (χ4v) is 4.41. The Morgan fingerprint density at radius 2 is 2.07 bits per heavy atom. The second-order valence-electron chi connectivity index (χ2n) is 7.24.